The van der Waals surface area contributed by atoms with Crippen LogP contribution in [-0.4, -0.2) is 35.8 Å². The van der Waals surface area contributed by atoms with Gasteiger partial charge in [-0.25, -0.2) is 10.3 Å². The van der Waals surface area contributed by atoms with E-state index < -0.39 is 23.8 Å². The van der Waals surface area contributed by atoms with E-state index in [9.17, 15) is 14.4 Å². The van der Waals surface area contributed by atoms with Gasteiger partial charge in [0.2, 0.25) is 0 Å². The first-order valence-corrected chi connectivity index (χ1v) is 14.1. The number of rotatable bonds is 7. The largest absolute Gasteiger partial charge is 0.465 e. The lowest BCUT2D eigenvalue weighted by Gasteiger charge is -2.46. The molecule has 1 aliphatic carbocycles. The van der Waals surface area contributed by atoms with Gasteiger partial charge >= 0.3 is 5.97 Å². The number of amides is 2. The Morgan fingerprint density at radius 3 is 2.48 bits per heavy atom. The molecule has 1 saturated carbocycles. The van der Waals surface area contributed by atoms with Crippen LogP contribution in [0.2, 0.25) is 10.0 Å². The standard InChI is InChI=1S/C31H30Cl2N2O5/c1-39-31(38)20-9-7-8-19(16-20)18-40-34-29(36)27-23-12-5-6-13-24(23)30(37)35(22-10-3-2-4-11-22)28(27)25-15-14-21(32)17-26(25)33/h5-9,12-17,22,27-28H,2-4,10-11,18H2,1H3,(H,34,36)/t27-,28+/m1/s1. The second-order valence-corrected chi connectivity index (χ2v) is 11.0. The molecular weight excluding hydrogens is 551 g/mol. The van der Waals surface area contributed by atoms with Gasteiger partial charge in [-0.3, -0.25) is 14.4 Å². The minimum Gasteiger partial charge on any atom is -0.465 e. The van der Waals surface area contributed by atoms with Gasteiger partial charge < -0.3 is 9.64 Å². The van der Waals surface area contributed by atoms with E-state index in [1.807, 2.05) is 23.1 Å². The number of hydroxylamine groups is 1. The van der Waals surface area contributed by atoms with Crippen LogP contribution in [0.3, 0.4) is 0 Å². The van der Waals surface area contributed by atoms with E-state index in [0.717, 1.165) is 32.1 Å². The Labute approximate surface area is 243 Å². The summed E-state index contributed by atoms with van der Waals surface area (Å²) in [6, 6.07) is 18.5. The summed E-state index contributed by atoms with van der Waals surface area (Å²) >= 11 is 12.9. The van der Waals surface area contributed by atoms with Crippen molar-refractivity contribution in [2.75, 3.05) is 7.11 Å². The molecule has 0 saturated heterocycles. The van der Waals surface area contributed by atoms with Crippen LogP contribution in [0, 0.1) is 0 Å². The number of hydrogen-bond acceptors (Lipinski definition) is 5. The van der Waals surface area contributed by atoms with Gasteiger partial charge in [0.15, 0.2) is 0 Å². The van der Waals surface area contributed by atoms with Crippen LogP contribution in [-0.2, 0) is 21.0 Å². The summed E-state index contributed by atoms with van der Waals surface area (Å²) in [6.07, 6.45) is 4.87. The van der Waals surface area contributed by atoms with Crippen molar-refractivity contribution in [3.05, 3.63) is 105 Å². The van der Waals surface area contributed by atoms with E-state index in [4.69, 9.17) is 32.8 Å². The Balaban J connectivity index is 1.49. The summed E-state index contributed by atoms with van der Waals surface area (Å²) in [4.78, 5) is 47.4. The summed E-state index contributed by atoms with van der Waals surface area (Å²) in [6.45, 7) is 0.0303. The van der Waals surface area contributed by atoms with Crippen molar-refractivity contribution < 1.29 is 24.0 Å². The first-order chi connectivity index (χ1) is 19.4. The summed E-state index contributed by atoms with van der Waals surface area (Å²) in [7, 11) is 1.32. The monoisotopic (exact) mass is 580 g/mol. The molecule has 1 fully saturated rings. The molecular formula is C31H30Cl2N2O5. The first-order valence-electron chi connectivity index (χ1n) is 13.3. The molecule has 2 atom stereocenters. The number of carbonyl (C=O) groups excluding carboxylic acids is 3. The van der Waals surface area contributed by atoms with Gasteiger partial charge in [-0.15, -0.1) is 0 Å². The lowest BCUT2D eigenvalue weighted by molar-refractivity contribution is -0.138. The van der Waals surface area contributed by atoms with E-state index in [1.165, 1.54) is 7.11 Å². The fourth-order valence-electron chi connectivity index (χ4n) is 5.83. The van der Waals surface area contributed by atoms with Crippen LogP contribution < -0.4 is 5.48 Å². The van der Waals surface area contributed by atoms with Crippen molar-refractivity contribution in [3.8, 4) is 0 Å². The lowest BCUT2D eigenvalue weighted by atomic mass is 9.77. The third-order valence-corrected chi connectivity index (χ3v) is 8.23. The molecule has 3 aromatic rings. The summed E-state index contributed by atoms with van der Waals surface area (Å²) < 4.78 is 4.79. The van der Waals surface area contributed by atoms with Gasteiger partial charge in [0.1, 0.15) is 0 Å². The van der Waals surface area contributed by atoms with Gasteiger partial charge in [-0.1, -0.05) is 78.9 Å². The normalized spacial score (nSPS) is 19.2. The predicted molar refractivity (Wildman–Crippen MR) is 152 cm³/mol. The number of carbonyl (C=O) groups is 3. The smallest absolute Gasteiger partial charge is 0.337 e. The van der Waals surface area contributed by atoms with Crippen molar-refractivity contribution in [3.63, 3.8) is 0 Å². The second-order valence-electron chi connectivity index (χ2n) is 10.1. The van der Waals surface area contributed by atoms with Crippen molar-refractivity contribution in [2.24, 2.45) is 0 Å². The molecule has 2 amide bonds. The van der Waals surface area contributed by atoms with Crippen LogP contribution in [0.5, 0.6) is 0 Å². The number of benzene rings is 3. The maximum Gasteiger partial charge on any atom is 0.337 e. The zero-order valence-electron chi connectivity index (χ0n) is 22.1. The molecule has 1 heterocycles. The average Bonchev–Trinajstić information content (AvgIpc) is 2.97. The Bertz CT molecular complexity index is 1420. The molecule has 7 nitrogen and oxygen atoms in total. The quantitative estimate of drug-likeness (QED) is 0.250. The number of fused-ring (bicyclic) bond motifs is 1. The van der Waals surface area contributed by atoms with Crippen molar-refractivity contribution >= 4 is 41.0 Å². The third-order valence-electron chi connectivity index (χ3n) is 7.67. The molecule has 9 heteroatoms. The highest BCUT2D eigenvalue weighted by Gasteiger charge is 2.47. The third kappa shape index (κ3) is 5.73. The molecule has 3 aromatic carbocycles. The Kier molecular flexibility index (Phi) is 8.74. The summed E-state index contributed by atoms with van der Waals surface area (Å²) in [5.41, 5.74) is 5.45. The highest BCUT2D eigenvalue weighted by Crippen LogP contribution is 2.47. The molecule has 40 heavy (non-hydrogen) atoms. The maximum absolute atomic E-state index is 14.0. The van der Waals surface area contributed by atoms with Gasteiger partial charge in [0.05, 0.1) is 31.2 Å². The van der Waals surface area contributed by atoms with Gasteiger partial charge in [0.25, 0.3) is 11.8 Å². The van der Waals surface area contributed by atoms with E-state index in [2.05, 4.69) is 5.48 Å². The van der Waals surface area contributed by atoms with E-state index in [0.29, 0.717) is 37.9 Å². The van der Waals surface area contributed by atoms with Crippen molar-refractivity contribution in [1.29, 1.82) is 0 Å². The summed E-state index contributed by atoms with van der Waals surface area (Å²) in [5, 5.41) is 0.864. The second kappa shape index (κ2) is 12.4. The van der Waals surface area contributed by atoms with Gasteiger partial charge in [0, 0.05) is 21.7 Å². The lowest BCUT2D eigenvalue weighted by Crippen LogP contribution is -2.52. The Hall–Kier alpha value is -3.39. The molecule has 5 rings (SSSR count). The van der Waals surface area contributed by atoms with Crippen LogP contribution >= 0.6 is 23.2 Å². The topological polar surface area (TPSA) is 84.9 Å². The fraction of sp³-hybridized carbons (Fsp3) is 0.323. The maximum atomic E-state index is 14.0. The number of nitrogens with one attached hydrogen (secondary N) is 1. The molecule has 2 aliphatic rings. The molecule has 0 unspecified atom stereocenters. The minimum absolute atomic E-state index is 0.0244. The molecule has 1 N–H and O–H groups in total. The Morgan fingerprint density at radius 1 is 0.950 bits per heavy atom. The molecule has 0 bridgehead atoms. The molecule has 208 valence electrons. The van der Waals surface area contributed by atoms with Crippen LogP contribution in [0.4, 0.5) is 0 Å². The van der Waals surface area contributed by atoms with E-state index >= 15 is 0 Å². The predicted octanol–water partition coefficient (Wildman–Crippen LogP) is 6.64. The van der Waals surface area contributed by atoms with Crippen LogP contribution in [0.1, 0.15) is 81.5 Å². The highest BCUT2D eigenvalue weighted by atomic mass is 35.5. The van der Waals surface area contributed by atoms with E-state index in [1.54, 1.807) is 48.5 Å². The zero-order chi connectivity index (χ0) is 28.2. The first kappa shape index (κ1) is 28.1. The van der Waals surface area contributed by atoms with E-state index in [-0.39, 0.29) is 18.6 Å². The van der Waals surface area contributed by atoms with Crippen molar-refractivity contribution in [2.45, 2.75) is 56.7 Å². The molecule has 0 spiro atoms. The fourth-order valence-corrected chi connectivity index (χ4v) is 6.35. The number of esters is 1. The van der Waals surface area contributed by atoms with Gasteiger partial charge in [-0.2, -0.15) is 0 Å². The number of ether oxygens (including phenoxy) is 1. The number of nitrogens with zero attached hydrogens (tertiary/aromatic N) is 1. The zero-order valence-corrected chi connectivity index (χ0v) is 23.6. The van der Waals surface area contributed by atoms with Crippen LogP contribution in [0.15, 0.2) is 66.7 Å². The van der Waals surface area contributed by atoms with Crippen LogP contribution in [0.25, 0.3) is 0 Å². The SMILES string of the molecule is COC(=O)c1cccc(CONC(=O)[C@@H]2c3ccccc3C(=O)N(C3CCCCC3)[C@H]2c2ccc(Cl)cc2Cl)c1. The molecule has 1 aliphatic heterocycles. The minimum atomic E-state index is -0.782. The molecule has 0 aromatic heterocycles. The number of hydrogen-bond donors (Lipinski definition) is 1. The summed E-state index contributed by atoms with van der Waals surface area (Å²) in [5.74, 6) is -1.75. The number of halogens is 2. The highest BCUT2D eigenvalue weighted by molar-refractivity contribution is 6.35. The number of methoxy groups -OCH3 is 1. The Morgan fingerprint density at radius 2 is 1.73 bits per heavy atom. The van der Waals surface area contributed by atoms with Gasteiger partial charge in [-0.05, 0) is 59.9 Å². The average molecular weight is 581 g/mol. The van der Waals surface area contributed by atoms with Crippen molar-refractivity contribution in [1.82, 2.24) is 10.4 Å². The molecule has 0 radical (unpaired) electrons.